The highest BCUT2D eigenvalue weighted by molar-refractivity contribution is 5.38. The molecule has 0 aromatic heterocycles. The van der Waals surface area contributed by atoms with Crippen LogP contribution < -0.4 is 4.74 Å². The first-order valence-corrected chi connectivity index (χ1v) is 6.43. The lowest BCUT2D eigenvalue weighted by Crippen LogP contribution is -1.99. The second kappa shape index (κ2) is 7.16. The third kappa shape index (κ3) is 4.26. The van der Waals surface area contributed by atoms with E-state index in [0.717, 1.165) is 31.6 Å². The molecule has 0 fully saturated rings. The molecular formula is C16H23O. The molecule has 17 heavy (non-hydrogen) atoms. The van der Waals surface area contributed by atoms with Crippen molar-refractivity contribution in [3.63, 3.8) is 0 Å². The van der Waals surface area contributed by atoms with E-state index in [1.165, 1.54) is 11.1 Å². The summed E-state index contributed by atoms with van der Waals surface area (Å²) in [5.41, 5.74) is 2.48. The van der Waals surface area contributed by atoms with Crippen LogP contribution in [0.4, 0.5) is 0 Å². The Bertz CT molecular complexity index is 355. The van der Waals surface area contributed by atoms with Crippen molar-refractivity contribution in [3.05, 3.63) is 48.9 Å². The van der Waals surface area contributed by atoms with E-state index in [2.05, 4.69) is 45.5 Å². The Balaban J connectivity index is 2.85. The monoisotopic (exact) mass is 231 g/mol. The van der Waals surface area contributed by atoms with Crippen molar-refractivity contribution in [3.8, 4) is 5.75 Å². The first-order valence-electron chi connectivity index (χ1n) is 6.43. The molecule has 1 radical (unpaired) electrons. The summed E-state index contributed by atoms with van der Waals surface area (Å²) in [5.74, 6) is 1.10. The van der Waals surface area contributed by atoms with Crippen LogP contribution in [0.3, 0.4) is 0 Å². The molecule has 1 heteroatoms. The van der Waals surface area contributed by atoms with E-state index in [0.29, 0.717) is 0 Å². The first kappa shape index (κ1) is 13.8. The summed E-state index contributed by atoms with van der Waals surface area (Å²) in [6.07, 6.45) is 5.14. The molecule has 93 valence electrons. The molecule has 0 bridgehead atoms. The van der Waals surface area contributed by atoms with E-state index in [4.69, 9.17) is 4.74 Å². The number of unbranched alkanes of at least 4 members (excludes halogenated alkanes) is 1. The van der Waals surface area contributed by atoms with Gasteiger partial charge in [0, 0.05) is 5.92 Å². The Labute approximate surface area is 106 Å². The SMILES string of the molecule is [CH2]C(C=C)c1cc(CC)cc(OCCCC)c1. The fourth-order valence-corrected chi connectivity index (χ4v) is 1.66. The van der Waals surface area contributed by atoms with Crippen LogP contribution in [-0.2, 0) is 6.42 Å². The lowest BCUT2D eigenvalue weighted by atomic mass is 9.98. The van der Waals surface area contributed by atoms with Crippen molar-refractivity contribution in [2.75, 3.05) is 6.61 Å². The highest BCUT2D eigenvalue weighted by Crippen LogP contribution is 2.24. The number of rotatable bonds is 7. The standard InChI is InChI=1S/C16H23O/c1-5-8-9-17-16-11-14(7-3)10-15(12-16)13(4)6-2/h6,10-13H,2,4-5,7-9H2,1,3H3. The summed E-state index contributed by atoms with van der Waals surface area (Å²) >= 11 is 0. The Hall–Kier alpha value is -1.24. The van der Waals surface area contributed by atoms with Gasteiger partial charge >= 0.3 is 0 Å². The zero-order valence-corrected chi connectivity index (χ0v) is 11.0. The smallest absolute Gasteiger partial charge is 0.119 e. The highest BCUT2D eigenvalue weighted by Gasteiger charge is 2.05. The molecule has 1 aromatic rings. The Morgan fingerprint density at radius 2 is 2.06 bits per heavy atom. The summed E-state index contributed by atoms with van der Waals surface area (Å²) in [5, 5.41) is 0. The second-order valence-electron chi connectivity index (χ2n) is 4.31. The van der Waals surface area contributed by atoms with Crippen LogP contribution in [0, 0.1) is 6.92 Å². The van der Waals surface area contributed by atoms with Gasteiger partial charge in [-0.1, -0.05) is 32.4 Å². The van der Waals surface area contributed by atoms with Crippen molar-refractivity contribution in [1.82, 2.24) is 0 Å². The number of hydrogen-bond acceptors (Lipinski definition) is 1. The van der Waals surface area contributed by atoms with Crippen LogP contribution >= 0.6 is 0 Å². The molecule has 0 spiro atoms. The molecular weight excluding hydrogens is 208 g/mol. The zero-order valence-electron chi connectivity index (χ0n) is 11.0. The fraction of sp³-hybridized carbons (Fsp3) is 0.438. The van der Waals surface area contributed by atoms with Gasteiger partial charge in [-0.25, -0.2) is 0 Å². The van der Waals surface area contributed by atoms with Gasteiger partial charge in [-0.15, -0.1) is 6.58 Å². The molecule has 0 aliphatic carbocycles. The maximum Gasteiger partial charge on any atom is 0.119 e. The van der Waals surface area contributed by atoms with E-state index in [1.807, 2.05) is 6.08 Å². The maximum atomic E-state index is 5.76. The van der Waals surface area contributed by atoms with Gasteiger partial charge < -0.3 is 4.74 Å². The minimum absolute atomic E-state index is 0.134. The largest absolute Gasteiger partial charge is 0.494 e. The molecule has 0 saturated heterocycles. The van der Waals surface area contributed by atoms with Crippen molar-refractivity contribution < 1.29 is 4.74 Å². The predicted molar refractivity (Wildman–Crippen MR) is 74.5 cm³/mol. The highest BCUT2D eigenvalue weighted by atomic mass is 16.5. The number of aryl methyl sites for hydroxylation is 1. The molecule has 0 saturated carbocycles. The van der Waals surface area contributed by atoms with E-state index in [-0.39, 0.29) is 5.92 Å². The molecule has 1 nitrogen and oxygen atoms in total. The Kier molecular flexibility index (Phi) is 5.82. The summed E-state index contributed by atoms with van der Waals surface area (Å²) in [4.78, 5) is 0. The number of hydrogen-bond donors (Lipinski definition) is 0. The third-order valence-electron chi connectivity index (χ3n) is 2.88. The summed E-state index contributed by atoms with van der Waals surface area (Å²) in [7, 11) is 0. The molecule has 0 heterocycles. The van der Waals surface area contributed by atoms with E-state index >= 15 is 0 Å². The molecule has 1 unspecified atom stereocenters. The molecule has 0 N–H and O–H groups in total. The molecule has 1 aromatic carbocycles. The van der Waals surface area contributed by atoms with Gasteiger partial charge in [0.05, 0.1) is 6.61 Å². The average Bonchev–Trinajstić information content (AvgIpc) is 2.37. The van der Waals surface area contributed by atoms with Gasteiger partial charge in [0.15, 0.2) is 0 Å². The number of allylic oxidation sites excluding steroid dienone is 1. The predicted octanol–water partition coefficient (Wildman–Crippen LogP) is 4.53. The van der Waals surface area contributed by atoms with E-state index in [9.17, 15) is 0 Å². The molecule has 0 aliphatic rings. The van der Waals surface area contributed by atoms with Gasteiger partial charge in [0.25, 0.3) is 0 Å². The quantitative estimate of drug-likeness (QED) is 0.495. The van der Waals surface area contributed by atoms with Crippen molar-refractivity contribution >= 4 is 0 Å². The van der Waals surface area contributed by atoms with Crippen LogP contribution in [0.15, 0.2) is 30.9 Å². The minimum Gasteiger partial charge on any atom is -0.494 e. The minimum atomic E-state index is 0.134. The van der Waals surface area contributed by atoms with Gasteiger partial charge in [-0.05, 0) is 43.0 Å². The van der Waals surface area contributed by atoms with Crippen molar-refractivity contribution in [1.29, 1.82) is 0 Å². The zero-order chi connectivity index (χ0) is 12.7. The van der Waals surface area contributed by atoms with Crippen molar-refractivity contribution in [2.45, 2.75) is 39.0 Å². The molecule has 1 atom stereocenters. The third-order valence-corrected chi connectivity index (χ3v) is 2.88. The lowest BCUT2D eigenvalue weighted by molar-refractivity contribution is 0.309. The van der Waals surface area contributed by atoms with Gasteiger partial charge in [-0.2, -0.15) is 0 Å². The molecule has 1 rings (SSSR count). The Morgan fingerprint density at radius 3 is 2.65 bits per heavy atom. The average molecular weight is 231 g/mol. The number of benzene rings is 1. The van der Waals surface area contributed by atoms with E-state index < -0.39 is 0 Å². The van der Waals surface area contributed by atoms with Crippen LogP contribution in [0.25, 0.3) is 0 Å². The Morgan fingerprint density at radius 1 is 1.29 bits per heavy atom. The second-order valence-corrected chi connectivity index (χ2v) is 4.31. The first-order chi connectivity index (χ1) is 8.21. The normalized spacial score (nSPS) is 12.2. The number of ether oxygens (including phenoxy) is 1. The summed E-state index contributed by atoms with van der Waals surface area (Å²) in [6.45, 7) is 13.0. The molecule has 0 aliphatic heterocycles. The van der Waals surface area contributed by atoms with Crippen molar-refractivity contribution in [2.24, 2.45) is 0 Å². The van der Waals surface area contributed by atoms with Gasteiger partial charge in [0.1, 0.15) is 5.75 Å². The van der Waals surface area contributed by atoms with Crippen LogP contribution in [0.2, 0.25) is 0 Å². The summed E-state index contributed by atoms with van der Waals surface area (Å²) in [6, 6.07) is 6.38. The van der Waals surface area contributed by atoms with Crippen LogP contribution in [-0.4, -0.2) is 6.61 Å². The summed E-state index contributed by atoms with van der Waals surface area (Å²) < 4.78 is 5.76. The van der Waals surface area contributed by atoms with Gasteiger partial charge in [0.2, 0.25) is 0 Å². The lowest BCUT2D eigenvalue weighted by Gasteiger charge is -2.12. The van der Waals surface area contributed by atoms with Crippen LogP contribution in [0.5, 0.6) is 5.75 Å². The van der Waals surface area contributed by atoms with E-state index in [1.54, 1.807) is 0 Å². The molecule has 0 amide bonds. The van der Waals surface area contributed by atoms with Gasteiger partial charge in [-0.3, -0.25) is 0 Å². The topological polar surface area (TPSA) is 9.23 Å². The fourth-order valence-electron chi connectivity index (χ4n) is 1.66. The van der Waals surface area contributed by atoms with Crippen LogP contribution in [0.1, 0.15) is 43.7 Å². The maximum absolute atomic E-state index is 5.76.